The van der Waals surface area contributed by atoms with Crippen molar-refractivity contribution in [1.82, 2.24) is 9.88 Å². The Hall–Kier alpha value is -2.00. The van der Waals surface area contributed by atoms with Crippen LogP contribution in [0.25, 0.3) is 0 Å². The van der Waals surface area contributed by atoms with Gasteiger partial charge in [0.2, 0.25) is 5.91 Å². The standard InChI is InChI=1S/C31H58BN2O20P/c32-23-21-26(36)34(30(23)40)3-1-25(35)33-2-4-44-5-6-45-7-8-46-9-10-47-11-12-48-13-14-49-15-16-50-17-18-51-19-20-52-31-29(39)28(38)27(37)24(54-31)22-53-55(41,42)43/h21,24,27-29,31,36-40H,1-20,22,32H2,(H,33,35)(H2,41,42,43). The number of nitrogens with one attached hydrogen (secondary N) is 1. The first-order chi connectivity index (χ1) is 26.4. The quantitative estimate of drug-likeness (QED) is 0.0186. The monoisotopic (exact) mass is 820 g/mol. The van der Waals surface area contributed by atoms with Gasteiger partial charge in [-0.25, -0.2) is 4.57 Å². The molecule has 0 aromatic carbocycles. The number of carbonyl (C=O) groups excluding carboxylic acids is 1. The summed E-state index contributed by atoms with van der Waals surface area (Å²) in [4.78, 5) is 29.5. The maximum Gasteiger partial charge on any atom is 0.469 e. The maximum atomic E-state index is 11.9. The molecule has 2 heterocycles. The van der Waals surface area contributed by atoms with Gasteiger partial charge in [-0.2, -0.15) is 0 Å². The number of ether oxygens (including phenoxy) is 10. The van der Waals surface area contributed by atoms with Crippen LogP contribution in [-0.4, -0.2) is 210 Å². The summed E-state index contributed by atoms with van der Waals surface area (Å²) < 4.78 is 70.4. The topological polar surface area (TPSA) is 294 Å². The van der Waals surface area contributed by atoms with Crippen molar-refractivity contribution in [2.45, 2.75) is 43.7 Å². The van der Waals surface area contributed by atoms with E-state index in [0.29, 0.717) is 105 Å². The average Bonchev–Trinajstić information content (AvgIpc) is 3.39. The molecule has 5 atom stereocenters. The molecule has 0 radical (unpaired) electrons. The normalized spacial score (nSPS) is 20.3. The van der Waals surface area contributed by atoms with Crippen LogP contribution in [0, 0.1) is 0 Å². The lowest BCUT2D eigenvalue weighted by Gasteiger charge is -2.40. The lowest BCUT2D eigenvalue weighted by Crippen LogP contribution is -2.59. The number of nitrogens with zero attached hydrogens (tertiary/aromatic N) is 1. The van der Waals surface area contributed by atoms with Crippen molar-refractivity contribution in [2.75, 3.05) is 125 Å². The Morgan fingerprint density at radius 2 is 1.15 bits per heavy atom. The third-order valence-electron chi connectivity index (χ3n) is 7.55. The summed E-state index contributed by atoms with van der Waals surface area (Å²) in [7, 11) is -3.16. The van der Waals surface area contributed by atoms with Crippen LogP contribution in [0.4, 0.5) is 0 Å². The number of amides is 1. The third-order valence-corrected chi connectivity index (χ3v) is 8.04. The highest BCUT2D eigenvalue weighted by atomic mass is 31.2. The number of aromatic nitrogens is 1. The first-order valence-corrected chi connectivity index (χ1v) is 19.4. The average molecular weight is 821 g/mol. The van der Waals surface area contributed by atoms with Crippen molar-refractivity contribution in [3.05, 3.63) is 6.07 Å². The molecule has 0 aliphatic carbocycles. The Kier molecular flexibility index (Phi) is 26.1. The van der Waals surface area contributed by atoms with Crippen molar-refractivity contribution < 1.29 is 96.6 Å². The number of aliphatic hydroxyl groups excluding tert-OH is 3. The molecule has 5 unspecified atom stereocenters. The van der Waals surface area contributed by atoms with E-state index < -0.39 is 45.1 Å². The van der Waals surface area contributed by atoms with Crippen LogP contribution in [0.3, 0.4) is 0 Å². The van der Waals surface area contributed by atoms with E-state index in [2.05, 4.69) is 9.84 Å². The Morgan fingerprint density at radius 3 is 1.56 bits per heavy atom. The van der Waals surface area contributed by atoms with Crippen molar-refractivity contribution in [2.24, 2.45) is 0 Å². The Bertz CT molecular complexity index is 1200. The Balaban J connectivity index is 1.25. The van der Waals surface area contributed by atoms with E-state index >= 15 is 0 Å². The summed E-state index contributed by atoms with van der Waals surface area (Å²) in [5.41, 5.74) is 0.542. The molecule has 22 nitrogen and oxygen atoms in total. The van der Waals surface area contributed by atoms with Gasteiger partial charge in [0.15, 0.2) is 18.1 Å². The van der Waals surface area contributed by atoms with Gasteiger partial charge in [0.1, 0.15) is 32.3 Å². The second-order valence-corrected chi connectivity index (χ2v) is 13.1. The van der Waals surface area contributed by atoms with Gasteiger partial charge in [-0.3, -0.25) is 13.9 Å². The van der Waals surface area contributed by atoms with Crippen LogP contribution in [0.15, 0.2) is 6.07 Å². The van der Waals surface area contributed by atoms with Crippen molar-refractivity contribution in [3.8, 4) is 11.8 Å². The predicted octanol–water partition coefficient (Wildman–Crippen LogP) is -4.27. The number of hydrogen-bond donors (Lipinski definition) is 8. The second kappa shape index (κ2) is 29.3. The van der Waals surface area contributed by atoms with Gasteiger partial charge >= 0.3 is 7.82 Å². The summed E-state index contributed by atoms with van der Waals surface area (Å²) in [6.45, 7) is 5.49. The van der Waals surface area contributed by atoms with E-state index in [1.165, 1.54) is 10.6 Å². The van der Waals surface area contributed by atoms with Gasteiger partial charge in [0.05, 0.1) is 119 Å². The van der Waals surface area contributed by atoms with Gasteiger partial charge in [-0.15, -0.1) is 0 Å². The molecule has 0 saturated carbocycles. The molecular weight excluding hydrogens is 762 g/mol. The summed E-state index contributed by atoms with van der Waals surface area (Å²) in [5.74, 6) is -0.353. The molecule has 0 spiro atoms. The molecule has 1 aromatic rings. The molecule has 24 heteroatoms. The van der Waals surface area contributed by atoms with Gasteiger partial charge < -0.3 is 88.0 Å². The fourth-order valence-corrected chi connectivity index (χ4v) is 5.01. The van der Waals surface area contributed by atoms with E-state index in [1.54, 1.807) is 7.85 Å². The first kappa shape index (κ1) is 49.2. The minimum absolute atomic E-state index is 0.0416. The third kappa shape index (κ3) is 22.5. The smallest absolute Gasteiger partial charge is 0.469 e. The summed E-state index contributed by atoms with van der Waals surface area (Å²) >= 11 is 0. The molecule has 1 fully saturated rings. The van der Waals surface area contributed by atoms with Crippen LogP contribution >= 0.6 is 7.82 Å². The maximum absolute atomic E-state index is 11.9. The molecule has 2 rings (SSSR count). The number of rotatable bonds is 34. The Labute approximate surface area is 320 Å². The summed E-state index contributed by atoms with van der Waals surface area (Å²) in [6.07, 6.45) is -7.50. The molecule has 1 amide bonds. The summed E-state index contributed by atoms with van der Waals surface area (Å²) in [5, 5.41) is 52.2. The number of phosphoric ester groups is 1. The largest absolute Gasteiger partial charge is 0.495 e. The lowest BCUT2D eigenvalue weighted by molar-refractivity contribution is -0.301. The van der Waals surface area contributed by atoms with Crippen molar-refractivity contribution in [3.63, 3.8) is 0 Å². The van der Waals surface area contributed by atoms with E-state index in [-0.39, 0.29) is 50.5 Å². The van der Waals surface area contributed by atoms with E-state index in [9.17, 15) is 34.9 Å². The zero-order valence-corrected chi connectivity index (χ0v) is 32.0. The van der Waals surface area contributed by atoms with E-state index in [4.69, 9.17) is 57.2 Å². The minimum Gasteiger partial charge on any atom is -0.495 e. The highest BCUT2D eigenvalue weighted by molar-refractivity contribution is 7.46. The number of aromatic hydroxyl groups is 2. The zero-order chi connectivity index (χ0) is 40.3. The van der Waals surface area contributed by atoms with Crippen LogP contribution < -0.4 is 10.8 Å². The molecule has 8 N–H and O–H groups in total. The summed E-state index contributed by atoms with van der Waals surface area (Å²) in [6, 6.07) is 1.44. The van der Waals surface area contributed by atoms with Crippen LogP contribution in [0.5, 0.6) is 11.8 Å². The second-order valence-electron chi connectivity index (χ2n) is 11.8. The molecule has 1 saturated heterocycles. The Morgan fingerprint density at radius 1 is 0.709 bits per heavy atom. The molecule has 320 valence electrons. The molecule has 55 heavy (non-hydrogen) atoms. The van der Waals surface area contributed by atoms with E-state index in [1.807, 2.05) is 0 Å². The van der Waals surface area contributed by atoms with Crippen LogP contribution in [0.1, 0.15) is 6.42 Å². The van der Waals surface area contributed by atoms with Gasteiger partial charge in [0.25, 0.3) is 0 Å². The van der Waals surface area contributed by atoms with Crippen LogP contribution in [0.2, 0.25) is 0 Å². The number of carbonyl (C=O) groups is 1. The fourth-order valence-electron chi connectivity index (χ4n) is 4.67. The van der Waals surface area contributed by atoms with E-state index in [0.717, 1.165) is 0 Å². The number of hydrogen-bond acceptors (Lipinski definition) is 18. The number of phosphoric acid groups is 1. The fraction of sp³-hybridized carbons (Fsp3) is 0.839. The van der Waals surface area contributed by atoms with Gasteiger partial charge in [-0.1, -0.05) is 0 Å². The molecule has 0 bridgehead atoms. The highest BCUT2D eigenvalue weighted by Gasteiger charge is 2.45. The van der Waals surface area contributed by atoms with Crippen molar-refractivity contribution in [1.29, 1.82) is 0 Å². The minimum atomic E-state index is -4.83. The molecule has 1 aliphatic heterocycles. The lowest BCUT2D eigenvalue weighted by atomic mass is 9.99. The SMILES string of the molecule is Bc1cc(O)n(CCC(=O)NCCOCCOCCOCCOCCOCCOCCOCCOCCOC2OC(COP(=O)(O)O)C(O)C(O)C2O)c1O. The molecule has 1 aliphatic rings. The molecular formula is C31H58BN2O20P. The van der Waals surface area contributed by atoms with Crippen molar-refractivity contribution >= 4 is 27.0 Å². The predicted molar refractivity (Wildman–Crippen MR) is 191 cm³/mol. The van der Waals surface area contributed by atoms with Gasteiger partial charge in [0, 0.05) is 19.5 Å². The zero-order valence-electron chi connectivity index (χ0n) is 31.1. The van der Waals surface area contributed by atoms with Gasteiger partial charge in [-0.05, 0) is 11.5 Å². The first-order valence-electron chi connectivity index (χ1n) is 17.9. The molecule has 1 aromatic heterocycles. The number of aliphatic hydroxyl groups is 3. The van der Waals surface area contributed by atoms with Crippen LogP contribution in [-0.2, 0) is 67.8 Å². The highest BCUT2D eigenvalue weighted by Crippen LogP contribution is 2.37.